The molecule has 5 heteroatoms. The van der Waals surface area contributed by atoms with E-state index >= 15 is 0 Å². The molecule has 0 bridgehead atoms. The molecule has 0 unspecified atom stereocenters. The molecule has 1 heterocycles. The Hall–Kier alpha value is -1.62. The van der Waals surface area contributed by atoms with Crippen LogP contribution in [0.3, 0.4) is 0 Å². The molecular weight excluding hydrogens is 242 g/mol. The van der Waals surface area contributed by atoms with E-state index in [1.165, 1.54) is 0 Å². The molecule has 1 rings (SSSR count). The average molecular weight is 265 g/mol. The van der Waals surface area contributed by atoms with E-state index in [0.29, 0.717) is 24.9 Å². The molecule has 1 amide bonds. The highest BCUT2D eigenvalue weighted by Crippen LogP contribution is 2.06. The maximum absolute atomic E-state index is 11.6. The molecule has 0 saturated carbocycles. The Morgan fingerprint density at radius 2 is 2.21 bits per heavy atom. The summed E-state index contributed by atoms with van der Waals surface area (Å²) in [7, 11) is 1.58. The molecule has 0 saturated heterocycles. The molecule has 19 heavy (non-hydrogen) atoms. The Bertz CT molecular complexity index is 377. The van der Waals surface area contributed by atoms with E-state index in [1.807, 2.05) is 6.07 Å². The van der Waals surface area contributed by atoms with Gasteiger partial charge in [0, 0.05) is 31.3 Å². The zero-order chi connectivity index (χ0) is 14.1. The lowest BCUT2D eigenvalue weighted by Gasteiger charge is -2.08. The van der Waals surface area contributed by atoms with Gasteiger partial charge in [0.05, 0.1) is 7.11 Å². The van der Waals surface area contributed by atoms with Crippen molar-refractivity contribution in [1.82, 2.24) is 15.6 Å². The van der Waals surface area contributed by atoms with Crippen LogP contribution in [-0.2, 0) is 11.3 Å². The van der Waals surface area contributed by atoms with Gasteiger partial charge in [-0.2, -0.15) is 0 Å². The topological polar surface area (TPSA) is 63.2 Å². The van der Waals surface area contributed by atoms with Crippen molar-refractivity contribution in [3.63, 3.8) is 0 Å². The molecule has 0 aliphatic carbocycles. The molecule has 5 nitrogen and oxygen atoms in total. The van der Waals surface area contributed by atoms with Crippen molar-refractivity contribution in [2.75, 3.05) is 13.7 Å². The maximum atomic E-state index is 11.6. The minimum atomic E-state index is 0.0707. The lowest BCUT2D eigenvalue weighted by atomic mass is 10.2. The fraction of sp³-hybridized carbons (Fsp3) is 0.571. The molecule has 106 valence electrons. The van der Waals surface area contributed by atoms with Crippen LogP contribution in [0.25, 0.3) is 0 Å². The molecule has 0 aliphatic heterocycles. The highest BCUT2D eigenvalue weighted by molar-refractivity contribution is 5.75. The minimum absolute atomic E-state index is 0.0707. The first-order chi connectivity index (χ1) is 9.11. The van der Waals surface area contributed by atoms with E-state index in [9.17, 15) is 4.79 Å². The molecule has 1 aromatic rings. The number of carbonyl (C=O) groups is 1. The number of hydrogen-bond acceptors (Lipinski definition) is 4. The molecule has 0 fully saturated rings. The van der Waals surface area contributed by atoms with E-state index in [2.05, 4.69) is 29.5 Å². The van der Waals surface area contributed by atoms with Gasteiger partial charge in [-0.1, -0.05) is 19.9 Å². The summed E-state index contributed by atoms with van der Waals surface area (Å²) >= 11 is 0. The van der Waals surface area contributed by atoms with Crippen molar-refractivity contribution in [2.45, 2.75) is 39.3 Å². The summed E-state index contributed by atoms with van der Waals surface area (Å²) in [4.78, 5) is 15.7. The number of nitrogens with zero attached hydrogens (tertiary/aromatic N) is 1. The largest absolute Gasteiger partial charge is 0.481 e. The third-order valence-electron chi connectivity index (χ3n) is 2.63. The van der Waals surface area contributed by atoms with Crippen molar-refractivity contribution in [3.8, 4) is 5.88 Å². The number of amides is 1. The van der Waals surface area contributed by atoms with Gasteiger partial charge < -0.3 is 15.4 Å². The smallest absolute Gasteiger partial charge is 0.220 e. The number of pyridine rings is 1. The molecular formula is C14H23N3O2. The van der Waals surface area contributed by atoms with Crippen molar-refractivity contribution in [2.24, 2.45) is 0 Å². The van der Waals surface area contributed by atoms with Gasteiger partial charge in [0.2, 0.25) is 11.8 Å². The molecule has 0 aliphatic rings. The monoisotopic (exact) mass is 265 g/mol. The standard InChI is InChI=1S/C14H23N3O2/c1-11(2)15-8-4-5-13(18)16-9-12-6-7-14(19-3)17-10-12/h6-7,10-11,15H,4-5,8-9H2,1-3H3,(H,16,18). The predicted molar refractivity (Wildman–Crippen MR) is 75.0 cm³/mol. The van der Waals surface area contributed by atoms with Gasteiger partial charge in [0.1, 0.15) is 0 Å². The highest BCUT2D eigenvalue weighted by atomic mass is 16.5. The van der Waals surface area contributed by atoms with E-state index < -0.39 is 0 Å². The van der Waals surface area contributed by atoms with Crippen molar-refractivity contribution in [1.29, 1.82) is 0 Å². The Balaban J connectivity index is 2.18. The minimum Gasteiger partial charge on any atom is -0.481 e. The van der Waals surface area contributed by atoms with E-state index in [4.69, 9.17) is 4.74 Å². The van der Waals surface area contributed by atoms with E-state index in [-0.39, 0.29) is 5.91 Å². The summed E-state index contributed by atoms with van der Waals surface area (Å²) in [6, 6.07) is 4.15. The number of ether oxygens (including phenoxy) is 1. The Labute approximate surface area is 114 Å². The second kappa shape index (κ2) is 8.48. The van der Waals surface area contributed by atoms with Crippen LogP contribution in [0.1, 0.15) is 32.3 Å². The van der Waals surface area contributed by atoms with Gasteiger partial charge in [-0.05, 0) is 18.5 Å². The lowest BCUT2D eigenvalue weighted by Crippen LogP contribution is -2.27. The predicted octanol–water partition coefficient (Wildman–Crippen LogP) is 1.48. The van der Waals surface area contributed by atoms with Crippen LogP contribution in [0.5, 0.6) is 5.88 Å². The van der Waals surface area contributed by atoms with Crippen LogP contribution in [-0.4, -0.2) is 30.6 Å². The van der Waals surface area contributed by atoms with E-state index in [1.54, 1.807) is 19.4 Å². The Kier molecular flexibility index (Phi) is 6.89. The molecule has 0 aromatic carbocycles. The number of rotatable bonds is 8. The molecule has 0 atom stereocenters. The molecule has 0 spiro atoms. The quantitative estimate of drug-likeness (QED) is 0.699. The van der Waals surface area contributed by atoms with Crippen LogP contribution in [0.2, 0.25) is 0 Å². The summed E-state index contributed by atoms with van der Waals surface area (Å²) in [5, 5.41) is 6.16. The number of methoxy groups -OCH3 is 1. The SMILES string of the molecule is COc1ccc(CNC(=O)CCCNC(C)C)cn1. The highest BCUT2D eigenvalue weighted by Gasteiger charge is 2.02. The van der Waals surface area contributed by atoms with Crippen LogP contribution in [0, 0.1) is 0 Å². The summed E-state index contributed by atoms with van der Waals surface area (Å²) in [5.41, 5.74) is 0.967. The second-order valence-electron chi connectivity index (χ2n) is 4.70. The number of hydrogen-bond donors (Lipinski definition) is 2. The molecule has 0 radical (unpaired) electrons. The van der Waals surface area contributed by atoms with Gasteiger partial charge in [0.25, 0.3) is 0 Å². The van der Waals surface area contributed by atoms with Crippen molar-refractivity contribution in [3.05, 3.63) is 23.9 Å². The lowest BCUT2D eigenvalue weighted by molar-refractivity contribution is -0.121. The summed E-state index contributed by atoms with van der Waals surface area (Å²) < 4.78 is 4.97. The van der Waals surface area contributed by atoms with E-state index in [0.717, 1.165) is 18.5 Å². The summed E-state index contributed by atoms with van der Waals surface area (Å²) in [5.74, 6) is 0.649. The summed E-state index contributed by atoms with van der Waals surface area (Å²) in [6.07, 6.45) is 3.10. The zero-order valence-corrected chi connectivity index (χ0v) is 11.9. The fourth-order valence-electron chi connectivity index (χ4n) is 1.56. The maximum Gasteiger partial charge on any atom is 0.220 e. The Morgan fingerprint density at radius 1 is 1.42 bits per heavy atom. The van der Waals surface area contributed by atoms with Gasteiger partial charge in [-0.25, -0.2) is 4.98 Å². The fourth-order valence-corrected chi connectivity index (χ4v) is 1.56. The zero-order valence-electron chi connectivity index (χ0n) is 11.9. The van der Waals surface area contributed by atoms with Gasteiger partial charge in [-0.3, -0.25) is 4.79 Å². The normalized spacial score (nSPS) is 10.5. The third-order valence-corrected chi connectivity index (χ3v) is 2.63. The first-order valence-corrected chi connectivity index (χ1v) is 6.61. The van der Waals surface area contributed by atoms with Gasteiger partial charge >= 0.3 is 0 Å². The van der Waals surface area contributed by atoms with Crippen LogP contribution in [0.4, 0.5) is 0 Å². The van der Waals surface area contributed by atoms with Crippen LogP contribution < -0.4 is 15.4 Å². The first-order valence-electron chi connectivity index (χ1n) is 6.61. The third kappa shape index (κ3) is 6.76. The van der Waals surface area contributed by atoms with Crippen molar-refractivity contribution < 1.29 is 9.53 Å². The molecule has 1 aromatic heterocycles. The number of nitrogens with one attached hydrogen (secondary N) is 2. The number of aromatic nitrogens is 1. The van der Waals surface area contributed by atoms with Gasteiger partial charge in [-0.15, -0.1) is 0 Å². The first kappa shape index (κ1) is 15.4. The van der Waals surface area contributed by atoms with Crippen LogP contribution >= 0.6 is 0 Å². The number of carbonyl (C=O) groups excluding carboxylic acids is 1. The molecule has 2 N–H and O–H groups in total. The second-order valence-corrected chi connectivity index (χ2v) is 4.70. The Morgan fingerprint density at radius 3 is 2.79 bits per heavy atom. The van der Waals surface area contributed by atoms with Gasteiger partial charge in [0.15, 0.2) is 0 Å². The average Bonchev–Trinajstić information content (AvgIpc) is 2.41. The van der Waals surface area contributed by atoms with Crippen molar-refractivity contribution >= 4 is 5.91 Å². The summed E-state index contributed by atoms with van der Waals surface area (Å²) in [6.45, 7) is 5.57. The van der Waals surface area contributed by atoms with Crippen LogP contribution in [0.15, 0.2) is 18.3 Å².